The minimum Gasteiger partial charge on any atom is -0.372 e. The summed E-state index contributed by atoms with van der Waals surface area (Å²) in [5.41, 5.74) is 0. The monoisotopic (exact) mass is 470 g/mol. The summed E-state index contributed by atoms with van der Waals surface area (Å²) in [4.78, 5) is 39.4. The molecule has 9 nitrogen and oxygen atoms in total. The summed E-state index contributed by atoms with van der Waals surface area (Å²) in [7, 11) is 0. The summed E-state index contributed by atoms with van der Waals surface area (Å²) in [5.74, 6) is 1.02. The van der Waals surface area contributed by atoms with E-state index in [1.54, 1.807) is 6.07 Å². The Morgan fingerprint density at radius 3 is 2.48 bits per heavy atom. The molecule has 2 aliphatic heterocycles. The lowest BCUT2D eigenvalue weighted by atomic mass is 10.2. The molecule has 2 unspecified atom stereocenters. The van der Waals surface area contributed by atoms with Gasteiger partial charge in [-0.15, -0.1) is 0 Å². The van der Waals surface area contributed by atoms with E-state index in [0.29, 0.717) is 56.1 Å². The molecule has 31 heavy (non-hydrogen) atoms. The predicted octanol–water partition coefficient (Wildman–Crippen LogP) is 2.10. The first-order chi connectivity index (χ1) is 14.9. The van der Waals surface area contributed by atoms with Crippen molar-refractivity contribution >= 4 is 41.1 Å². The number of nitrogens with one attached hydrogen (secondary N) is 1. The fraction of sp³-hybridized carbons (Fsp3) is 0.700. The van der Waals surface area contributed by atoms with Gasteiger partial charge in [0.25, 0.3) is 0 Å². The van der Waals surface area contributed by atoms with E-state index >= 15 is 0 Å². The second-order valence-electron chi connectivity index (χ2n) is 7.88. The third-order valence-corrected chi connectivity index (χ3v) is 6.20. The number of carbonyl (C=O) groups excluding carboxylic acids is 2. The second kappa shape index (κ2) is 11.2. The van der Waals surface area contributed by atoms with Gasteiger partial charge in [-0.1, -0.05) is 30.3 Å². The molecule has 11 heteroatoms. The van der Waals surface area contributed by atoms with E-state index in [-0.39, 0.29) is 29.9 Å². The van der Waals surface area contributed by atoms with Crippen molar-refractivity contribution in [1.29, 1.82) is 0 Å². The second-order valence-corrected chi connectivity index (χ2v) is 9.21. The molecule has 3 heterocycles. The number of hydrogen-bond acceptors (Lipinski definition) is 7. The largest absolute Gasteiger partial charge is 0.372 e. The zero-order valence-electron chi connectivity index (χ0n) is 18.3. The van der Waals surface area contributed by atoms with Gasteiger partial charge in [0.15, 0.2) is 5.16 Å². The predicted molar refractivity (Wildman–Crippen MR) is 122 cm³/mol. The first-order valence-electron chi connectivity index (χ1n) is 10.7. The summed E-state index contributed by atoms with van der Waals surface area (Å²) in [5, 5.41) is 3.73. The van der Waals surface area contributed by atoms with Gasteiger partial charge in [0.1, 0.15) is 11.0 Å². The van der Waals surface area contributed by atoms with Crippen LogP contribution in [-0.2, 0) is 9.53 Å². The number of rotatable bonds is 6. The Kier molecular flexibility index (Phi) is 8.62. The molecule has 3 rings (SSSR count). The molecular formula is C20H31ClN6O3S. The van der Waals surface area contributed by atoms with Crippen molar-refractivity contribution in [2.75, 3.05) is 56.5 Å². The fourth-order valence-electron chi connectivity index (χ4n) is 3.69. The van der Waals surface area contributed by atoms with Crippen LogP contribution in [0.25, 0.3) is 0 Å². The lowest BCUT2D eigenvalue weighted by Crippen LogP contribution is -2.52. The van der Waals surface area contributed by atoms with Crippen molar-refractivity contribution in [3.05, 3.63) is 11.2 Å². The van der Waals surface area contributed by atoms with Gasteiger partial charge in [0.2, 0.25) is 5.91 Å². The Bertz CT molecular complexity index is 767. The minimum absolute atomic E-state index is 0.0243. The number of morpholine rings is 1. The summed E-state index contributed by atoms with van der Waals surface area (Å²) < 4.78 is 5.69. The van der Waals surface area contributed by atoms with Gasteiger partial charge in [-0.25, -0.2) is 14.8 Å². The molecule has 0 aliphatic carbocycles. The molecule has 1 aromatic heterocycles. The van der Waals surface area contributed by atoms with Crippen LogP contribution in [0.2, 0.25) is 5.15 Å². The molecule has 2 atom stereocenters. The number of halogens is 1. The summed E-state index contributed by atoms with van der Waals surface area (Å²) in [6.07, 6.45) is 0.987. The zero-order valence-corrected chi connectivity index (χ0v) is 19.9. The minimum atomic E-state index is -0.0243. The number of nitrogens with zero attached hydrogens (tertiary/aromatic N) is 5. The molecule has 0 bridgehead atoms. The number of carbonyl (C=O) groups is 2. The quantitative estimate of drug-likeness (QED) is 0.386. The van der Waals surface area contributed by atoms with Crippen LogP contribution < -0.4 is 10.2 Å². The van der Waals surface area contributed by atoms with Gasteiger partial charge in [0.05, 0.1) is 18.0 Å². The van der Waals surface area contributed by atoms with E-state index in [2.05, 4.69) is 20.2 Å². The molecule has 2 saturated heterocycles. The molecule has 0 saturated carbocycles. The van der Waals surface area contributed by atoms with Crippen LogP contribution in [0.1, 0.15) is 27.2 Å². The molecule has 0 radical (unpaired) electrons. The zero-order chi connectivity index (χ0) is 22.4. The number of hydrogen-bond donors (Lipinski definition) is 1. The van der Waals surface area contributed by atoms with E-state index in [9.17, 15) is 9.59 Å². The van der Waals surface area contributed by atoms with Crippen LogP contribution in [0.4, 0.5) is 10.6 Å². The van der Waals surface area contributed by atoms with E-state index < -0.39 is 0 Å². The van der Waals surface area contributed by atoms with Crippen LogP contribution in [-0.4, -0.2) is 95.5 Å². The Morgan fingerprint density at radius 1 is 1.16 bits per heavy atom. The van der Waals surface area contributed by atoms with Gasteiger partial charge in [-0.3, -0.25) is 4.79 Å². The Balaban J connectivity index is 1.54. The van der Waals surface area contributed by atoms with Gasteiger partial charge in [-0.05, 0) is 20.3 Å². The van der Waals surface area contributed by atoms with Crippen molar-refractivity contribution < 1.29 is 14.3 Å². The highest BCUT2D eigenvalue weighted by Crippen LogP contribution is 2.23. The number of piperazine rings is 1. The molecule has 0 spiro atoms. The number of amides is 3. The highest BCUT2D eigenvalue weighted by Gasteiger charge is 2.26. The molecule has 2 aliphatic rings. The van der Waals surface area contributed by atoms with Crippen LogP contribution in [0, 0.1) is 0 Å². The Morgan fingerprint density at radius 2 is 1.84 bits per heavy atom. The number of anilines is 1. The third kappa shape index (κ3) is 6.85. The molecule has 3 amide bonds. The lowest BCUT2D eigenvalue weighted by Gasteiger charge is -2.35. The van der Waals surface area contributed by atoms with Crippen LogP contribution in [0.15, 0.2) is 11.2 Å². The van der Waals surface area contributed by atoms with Gasteiger partial charge >= 0.3 is 6.03 Å². The summed E-state index contributed by atoms with van der Waals surface area (Å²) in [6.45, 7) is 10.4. The van der Waals surface area contributed by atoms with E-state index in [1.807, 2.05) is 30.6 Å². The lowest BCUT2D eigenvalue weighted by molar-refractivity contribution is -0.140. The first kappa shape index (κ1) is 23.9. The molecule has 1 aromatic rings. The molecule has 0 aromatic carbocycles. The normalized spacial score (nSPS) is 21.9. The van der Waals surface area contributed by atoms with Gasteiger partial charge in [-0.2, -0.15) is 0 Å². The highest BCUT2D eigenvalue weighted by molar-refractivity contribution is 7.99. The number of ether oxygens (including phenoxy) is 1. The Hall–Kier alpha value is -1.78. The van der Waals surface area contributed by atoms with Crippen molar-refractivity contribution in [3.8, 4) is 0 Å². The standard InChI is InChI=1S/C20H31ClN6O3S/c1-4-5-22-20(29)26-8-6-25(7-9-26)17-10-16(21)23-19(24-17)31-13-18(28)27-11-14(2)30-15(3)12-27/h10,14-15H,4-9,11-13H2,1-3H3,(H,22,29). The van der Waals surface area contributed by atoms with E-state index in [4.69, 9.17) is 16.3 Å². The SMILES string of the molecule is CCCNC(=O)N1CCN(c2cc(Cl)nc(SCC(=O)N3CC(C)OC(C)C3)n2)CC1. The topological polar surface area (TPSA) is 90.9 Å². The molecular weight excluding hydrogens is 440 g/mol. The maximum atomic E-state index is 12.6. The maximum absolute atomic E-state index is 12.6. The van der Waals surface area contributed by atoms with E-state index in [0.717, 1.165) is 12.2 Å². The fourth-order valence-corrected chi connectivity index (χ4v) is 4.68. The third-order valence-electron chi connectivity index (χ3n) is 5.18. The summed E-state index contributed by atoms with van der Waals surface area (Å²) >= 11 is 7.52. The highest BCUT2D eigenvalue weighted by atomic mass is 35.5. The van der Waals surface area contributed by atoms with Crippen LogP contribution in [0.3, 0.4) is 0 Å². The smallest absolute Gasteiger partial charge is 0.317 e. The maximum Gasteiger partial charge on any atom is 0.317 e. The molecule has 172 valence electrons. The number of urea groups is 1. The number of aromatic nitrogens is 2. The van der Waals surface area contributed by atoms with Crippen molar-refractivity contribution in [3.63, 3.8) is 0 Å². The van der Waals surface area contributed by atoms with Crippen LogP contribution >= 0.6 is 23.4 Å². The van der Waals surface area contributed by atoms with Gasteiger partial charge < -0.3 is 24.8 Å². The number of thioether (sulfide) groups is 1. The average Bonchev–Trinajstić information content (AvgIpc) is 2.75. The molecule has 2 fully saturated rings. The van der Waals surface area contributed by atoms with Crippen LogP contribution in [0.5, 0.6) is 0 Å². The summed E-state index contributed by atoms with van der Waals surface area (Å²) in [6, 6.07) is 1.70. The van der Waals surface area contributed by atoms with Crippen molar-refractivity contribution in [1.82, 2.24) is 25.1 Å². The van der Waals surface area contributed by atoms with E-state index in [1.165, 1.54) is 11.8 Å². The molecule has 1 N–H and O–H groups in total. The average molecular weight is 471 g/mol. The van der Waals surface area contributed by atoms with Gasteiger partial charge in [0, 0.05) is 51.9 Å². The first-order valence-corrected chi connectivity index (χ1v) is 12.1. The van der Waals surface area contributed by atoms with Crippen molar-refractivity contribution in [2.45, 2.75) is 44.6 Å². The Labute approximate surface area is 192 Å². The van der Waals surface area contributed by atoms with Crippen molar-refractivity contribution in [2.24, 2.45) is 0 Å².